The molecular formula is C13H10ClF3N2. The van der Waals surface area contributed by atoms with Crippen molar-refractivity contribution in [2.75, 3.05) is 11.1 Å². The summed E-state index contributed by atoms with van der Waals surface area (Å²) in [5, 5.41) is 2.63. The second kappa shape index (κ2) is 5.40. The Labute approximate surface area is 113 Å². The van der Waals surface area contributed by atoms with E-state index in [9.17, 15) is 13.2 Å². The van der Waals surface area contributed by atoms with Crippen molar-refractivity contribution in [2.45, 2.75) is 6.54 Å². The number of anilines is 2. The van der Waals surface area contributed by atoms with Gasteiger partial charge in [0.05, 0.1) is 16.4 Å². The molecule has 0 spiro atoms. The molecule has 0 aliphatic heterocycles. The molecule has 0 heterocycles. The van der Waals surface area contributed by atoms with Crippen LogP contribution in [0.2, 0.25) is 5.02 Å². The first-order valence-corrected chi connectivity index (χ1v) is 5.78. The average Bonchev–Trinajstić information content (AvgIpc) is 2.38. The second-order valence-electron chi connectivity index (χ2n) is 3.93. The fourth-order valence-corrected chi connectivity index (χ4v) is 1.79. The molecule has 0 aliphatic carbocycles. The predicted molar refractivity (Wildman–Crippen MR) is 69.5 cm³/mol. The van der Waals surface area contributed by atoms with E-state index in [1.165, 1.54) is 24.3 Å². The van der Waals surface area contributed by atoms with E-state index >= 15 is 0 Å². The standard InChI is InChI=1S/C13H10ClF3N2/c14-8-5-7(1-2-9(8)15)6-19-13-11(18)4-3-10(16)12(13)17/h1-5,19H,6,18H2. The molecule has 0 radical (unpaired) electrons. The minimum atomic E-state index is -1.05. The van der Waals surface area contributed by atoms with E-state index in [-0.39, 0.29) is 22.9 Å². The summed E-state index contributed by atoms with van der Waals surface area (Å²) in [7, 11) is 0. The first kappa shape index (κ1) is 13.5. The molecule has 0 aromatic heterocycles. The van der Waals surface area contributed by atoms with Crippen molar-refractivity contribution < 1.29 is 13.2 Å². The lowest BCUT2D eigenvalue weighted by Crippen LogP contribution is -2.06. The van der Waals surface area contributed by atoms with Crippen LogP contribution >= 0.6 is 11.6 Å². The van der Waals surface area contributed by atoms with Gasteiger partial charge in [-0.2, -0.15) is 0 Å². The fourth-order valence-electron chi connectivity index (χ4n) is 1.59. The van der Waals surface area contributed by atoms with Gasteiger partial charge < -0.3 is 11.1 Å². The first-order chi connectivity index (χ1) is 8.99. The van der Waals surface area contributed by atoms with E-state index in [1.807, 2.05) is 0 Å². The summed E-state index contributed by atoms with van der Waals surface area (Å²) in [6.45, 7) is 0.143. The summed E-state index contributed by atoms with van der Waals surface area (Å²) in [6.07, 6.45) is 0. The van der Waals surface area contributed by atoms with Gasteiger partial charge in [0, 0.05) is 6.54 Å². The normalized spacial score (nSPS) is 10.5. The highest BCUT2D eigenvalue weighted by Gasteiger charge is 2.11. The Morgan fingerprint density at radius 3 is 2.42 bits per heavy atom. The zero-order valence-electron chi connectivity index (χ0n) is 9.68. The lowest BCUT2D eigenvalue weighted by atomic mass is 10.2. The highest BCUT2D eigenvalue weighted by molar-refractivity contribution is 6.30. The molecule has 19 heavy (non-hydrogen) atoms. The third-order valence-electron chi connectivity index (χ3n) is 2.58. The molecule has 2 aromatic carbocycles. The SMILES string of the molecule is Nc1ccc(F)c(F)c1NCc1ccc(F)c(Cl)c1. The lowest BCUT2D eigenvalue weighted by molar-refractivity contribution is 0.511. The third-order valence-corrected chi connectivity index (χ3v) is 2.87. The third kappa shape index (κ3) is 2.93. The summed E-state index contributed by atoms with van der Waals surface area (Å²) in [5.74, 6) is -2.58. The van der Waals surface area contributed by atoms with Crippen molar-refractivity contribution >= 4 is 23.0 Å². The average molecular weight is 287 g/mol. The molecule has 0 amide bonds. The molecule has 3 N–H and O–H groups in total. The molecule has 2 rings (SSSR count). The Bertz CT molecular complexity index is 617. The van der Waals surface area contributed by atoms with Gasteiger partial charge in [-0.3, -0.25) is 0 Å². The molecule has 0 unspecified atom stereocenters. The van der Waals surface area contributed by atoms with Gasteiger partial charge in [-0.25, -0.2) is 13.2 Å². The highest BCUT2D eigenvalue weighted by Crippen LogP contribution is 2.25. The van der Waals surface area contributed by atoms with Gasteiger partial charge in [-0.1, -0.05) is 17.7 Å². The molecule has 100 valence electrons. The molecule has 2 nitrogen and oxygen atoms in total. The van der Waals surface area contributed by atoms with Crippen molar-refractivity contribution in [1.82, 2.24) is 0 Å². The number of hydrogen-bond acceptors (Lipinski definition) is 2. The van der Waals surface area contributed by atoms with E-state index in [2.05, 4.69) is 5.32 Å². The number of hydrogen-bond donors (Lipinski definition) is 2. The van der Waals surface area contributed by atoms with Crippen LogP contribution in [0.1, 0.15) is 5.56 Å². The maximum atomic E-state index is 13.5. The monoisotopic (exact) mass is 286 g/mol. The van der Waals surface area contributed by atoms with Gasteiger partial charge in [0.2, 0.25) is 0 Å². The van der Waals surface area contributed by atoms with Crippen LogP contribution in [0.4, 0.5) is 24.5 Å². The number of nitrogens with one attached hydrogen (secondary N) is 1. The van der Waals surface area contributed by atoms with Crippen LogP contribution in [0, 0.1) is 17.5 Å². The first-order valence-electron chi connectivity index (χ1n) is 5.40. The van der Waals surface area contributed by atoms with Crippen LogP contribution in [0.15, 0.2) is 30.3 Å². The summed E-state index contributed by atoms with van der Waals surface area (Å²) >= 11 is 5.62. The molecule has 0 saturated heterocycles. The smallest absolute Gasteiger partial charge is 0.183 e. The van der Waals surface area contributed by atoms with E-state index in [0.717, 1.165) is 6.07 Å². The molecular weight excluding hydrogens is 277 g/mol. The van der Waals surface area contributed by atoms with Gasteiger partial charge in [0.1, 0.15) is 5.82 Å². The van der Waals surface area contributed by atoms with Crippen LogP contribution in [0.3, 0.4) is 0 Å². The van der Waals surface area contributed by atoms with Crippen molar-refractivity contribution in [3.05, 3.63) is 58.4 Å². The molecule has 0 aliphatic rings. The lowest BCUT2D eigenvalue weighted by Gasteiger charge is -2.11. The molecule has 0 bridgehead atoms. The van der Waals surface area contributed by atoms with Gasteiger partial charge in [-0.15, -0.1) is 0 Å². The van der Waals surface area contributed by atoms with Gasteiger partial charge in [0.25, 0.3) is 0 Å². The minimum Gasteiger partial charge on any atom is -0.397 e. The largest absolute Gasteiger partial charge is 0.397 e. The molecule has 6 heteroatoms. The van der Waals surface area contributed by atoms with Crippen molar-refractivity contribution in [3.8, 4) is 0 Å². The Balaban J connectivity index is 2.19. The Morgan fingerprint density at radius 1 is 1.05 bits per heavy atom. The van der Waals surface area contributed by atoms with E-state index < -0.39 is 17.5 Å². The van der Waals surface area contributed by atoms with Gasteiger partial charge in [0.15, 0.2) is 11.6 Å². The maximum absolute atomic E-state index is 13.5. The van der Waals surface area contributed by atoms with Crippen molar-refractivity contribution in [2.24, 2.45) is 0 Å². The number of rotatable bonds is 3. The maximum Gasteiger partial charge on any atom is 0.183 e. The summed E-state index contributed by atoms with van der Waals surface area (Å²) in [4.78, 5) is 0. The van der Waals surface area contributed by atoms with Crippen molar-refractivity contribution in [1.29, 1.82) is 0 Å². The predicted octanol–water partition coefficient (Wildman–Crippen LogP) is 3.95. The van der Waals surface area contributed by atoms with Crippen LogP contribution in [0.5, 0.6) is 0 Å². The molecule has 0 fully saturated rings. The molecule has 2 aromatic rings. The number of nitrogen functional groups attached to an aromatic ring is 1. The van der Waals surface area contributed by atoms with Gasteiger partial charge >= 0.3 is 0 Å². The Morgan fingerprint density at radius 2 is 1.74 bits per heavy atom. The van der Waals surface area contributed by atoms with E-state index in [1.54, 1.807) is 0 Å². The zero-order chi connectivity index (χ0) is 14.0. The fraction of sp³-hybridized carbons (Fsp3) is 0.0769. The van der Waals surface area contributed by atoms with Gasteiger partial charge in [-0.05, 0) is 29.8 Å². The highest BCUT2D eigenvalue weighted by atomic mass is 35.5. The zero-order valence-corrected chi connectivity index (χ0v) is 10.4. The second-order valence-corrected chi connectivity index (χ2v) is 4.33. The van der Waals surface area contributed by atoms with Crippen molar-refractivity contribution in [3.63, 3.8) is 0 Å². The quantitative estimate of drug-likeness (QED) is 0.839. The Kier molecular flexibility index (Phi) is 3.85. The minimum absolute atomic E-state index is 0.0352. The van der Waals surface area contributed by atoms with E-state index in [0.29, 0.717) is 5.56 Å². The summed E-state index contributed by atoms with van der Waals surface area (Å²) < 4.78 is 39.5. The molecule has 0 saturated carbocycles. The van der Waals surface area contributed by atoms with Crippen LogP contribution in [-0.4, -0.2) is 0 Å². The number of benzene rings is 2. The summed E-state index contributed by atoms with van der Waals surface area (Å²) in [5.41, 5.74) is 6.14. The Hall–Kier alpha value is -1.88. The number of nitrogens with two attached hydrogens (primary N) is 1. The van der Waals surface area contributed by atoms with Crippen LogP contribution < -0.4 is 11.1 Å². The molecule has 0 atom stereocenters. The van der Waals surface area contributed by atoms with E-state index in [4.69, 9.17) is 17.3 Å². The number of halogens is 4. The van der Waals surface area contributed by atoms with Crippen LogP contribution in [0.25, 0.3) is 0 Å². The summed E-state index contributed by atoms with van der Waals surface area (Å²) in [6, 6.07) is 6.30. The van der Waals surface area contributed by atoms with Crippen LogP contribution in [-0.2, 0) is 6.54 Å². The topological polar surface area (TPSA) is 38.0 Å².